The lowest BCUT2D eigenvalue weighted by Gasteiger charge is -2.36. The fraction of sp³-hybridized carbons (Fsp3) is 0.611. The topological polar surface area (TPSA) is 35.6 Å². The Morgan fingerprint density at radius 3 is 3.00 bits per heavy atom. The van der Waals surface area contributed by atoms with E-state index in [4.69, 9.17) is 0 Å². The molecule has 2 aliphatic rings. The van der Waals surface area contributed by atoms with Crippen molar-refractivity contribution in [3.63, 3.8) is 0 Å². The maximum Gasteiger partial charge on any atom is 0.224 e. The van der Waals surface area contributed by atoms with Crippen LogP contribution in [0, 0.1) is 5.82 Å². The number of hydrogen-bond donors (Lipinski definition) is 1. The van der Waals surface area contributed by atoms with Gasteiger partial charge in [-0.25, -0.2) is 4.39 Å². The van der Waals surface area contributed by atoms with Crippen LogP contribution in [0.1, 0.15) is 37.8 Å². The van der Waals surface area contributed by atoms with Crippen LogP contribution in [-0.4, -0.2) is 54.5 Å². The number of rotatable bonds is 4. The van der Waals surface area contributed by atoms with Crippen molar-refractivity contribution in [3.05, 3.63) is 35.6 Å². The van der Waals surface area contributed by atoms with Crippen molar-refractivity contribution in [1.29, 1.82) is 0 Å². The zero-order chi connectivity index (χ0) is 16.2. The average Bonchev–Trinajstić information content (AvgIpc) is 2.99. The van der Waals surface area contributed by atoms with Crippen LogP contribution < -0.4 is 5.32 Å². The second-order valence-electron chi connectivity index (χ2n) is 6.64. The first kappa shape index (κ1) is 16.4. The minimum atomic E-state index is -0.199. The predicted molar refractivity (Wildman–Crippen MR) is 88.6 cm³/mol. The lowest BCUT2D eigenvalue weighted by Crippen LogP contribution is -2.47. The second kappa shape index (κ2) is 7.41. The van der Waals surface area contributed by atoms with E-state index >= 15 is 0 Å². The maximum atomic E-state index is 13.5. The third-order valence-electron chi connectivity index (χ3n) is 5.07. The summed E-state index contributed by atoms with van der Waals surface area (Å²) in [7, 11) is 0. The zero-order valence-corrected chi connectivity index (χ0v) is 13.8. The lowest BCUT2D eigenvalue weighted by atomic mass is 10.0. The van der Waals surface area contributed by atoms with Crippen LogP contribution in [0.15, 0.2) is 24.3 Å². The van der Waals surface area contributed by atoms with E-state index in [1.807, 2.05) is 11.0 Å². The number of hydrogen-bond acceptors (Lipinski definition) is 3. The molecule has 1 amide bonds. The summed E-state index contributed by atoms with van der Waals surface area (Å²) in [6, 6.07) is 7.33. The van der Waals surface area contributed by atoms with E-state index in [2.05, 4.69) is 17.1 Å². The number of benzene rings is 1. The molecule has 126 valence electrons. The van der Waals surface area contributed by atoms with Crippen molar-refractivity contribution in [2.75, 3.05) is 32.7 Å². The summed E-state index contributed by atoms with van der Waals surface area (Å²) in [5.41, 5.74) is 0.985. The second-order valence-corrected chi connectivity index (χ2v) is 6.64. The highest BCUT2D eigenvalue weighted by Gasteiger charge is 2.28. The number of amides is 1. The summed E-state index contributed by atoms with van der Waals surface area (Å²) in [6.07, 6.45) is 2.79. The molecular formula is C18H26FN3O. The molecule has 0 radical (unpaired) electrons. The Hall–Kier alpha value is -1.46. The normalized spacial score (nSPS) is 25.7. The number of piperazine rings is 1. The smallest absolute Gasteiger partial charge is 0.224 e. The van der Waals surface area contributed by atoms with E-state index < -0.39 is 0 Å². The Morgan fingerprint density at radius 1 is 1.39 bits per heavy atom. The van der Waals surface area contributed by atoms with Gasteiger partial charge < -0.3 is 10.2 Å². The Bertz CT molecular complexity index is 551. The van der Waals surface area contributed by atoms with Crippen LogP contribution in [0.5, 0.6) is 0 Å². The molecule has 1 N–H and O–H groups in total. The number of nitrogens with one attached hydrogen (secondary N) is 1. The number of carbonyl (C=O) groups excluding carboxylic acids is 1. The molecule has 0 bridgehead atoms. The van der Waals surface area contributed by atoms with Gasteiger partial charge in [0.2, 0.25) is 5.91 Å². The van der Waals surface area contributed by atoms with E-state index in [1.54, 1.807) is 12.1 Å². The summed E-state index contributed by atoms with van der Waals surface area (Å²) in [5, 5.41) is 3.37. The first-order valence-corrected chi connectivity index (χ1v) is 8.65. The van der Waals surface area contributed by atoms with Gasteiger partial charge in [0.25, 0.3) is 0 Å². The molecule has 2 aliphatic heterocycles. The Labute approximate surface area is 137 Å². The maximum absolute atomic E-state index is 13.5. The van der Waals surface area contributed by atoms with Crippen LogP contribution in [0.4, 0.5) is 4.39 Å². The highest BCUT2D eigenvalue weighted by molar-refractivity contribution is 5.77. The Morgan fingerprint density at radius 2 is 2.26 bits per heavy atom. The summed E-state index contributed by atoms with van der Waals surface area (Å²) in [5.74, 6) is 0.0570. The van der Waals surface area contributed by atoms with Gasteiger partial charge in [0.15, 0.2) is 0 Å². The van der Waals surface area contributed by atoms with E-state index in [0.29, 0.717) is 12.5 Å². The van der Waals surface area contributed by atoms with Crippen molar-refractivity contribution in [3.8, 4) is 0 Å². The average molecular weight is 319 g/mol. The van der Waals surface area contributed by atoms with Gasteiger partial charge in [-0.1, -0.05) is 12.1 Å². The molecule has 1 aromatic carbocycles. The van der Waals surface area contributed by atoms with Gasteiger partial charge >= 0.3 is 0 Å². The van der Waals surface area contributed by atoms with Crippen molar-refractivity contribution in [1.82, 2.24) is 15.1 Å². The molecule has 0 saturated carbocycles. The molecule has 23 heavy (non-hydrogen) atoms. The molecule has 3 rings (SSSR count). The molecule has 0 spiro atoms. The van der Waals surface area contributed by atoms with Gasteiger partial charge in [0, 0.05) is 51.2 Å². The summed E-state index contributed by atoms with van der Waals surface area (Å²) < 4.78 is 13.5. The van der Waals surface area contributed by atoms with Crippen LogP contribution >= 0.6 is 0 Å². The molecule has 1 aromatic rings. The summed E-state index contributed by atoms with van der Waals surface area (Å²) >= 11 is 0. The largest absolute Gasteiger partial charge is 0.340 e. The molecule has 2 heterocycles. The van der Waals surface area contributed by atoms with Crippen molar-refractivity contribution >= 4 is 5.91 Å². The van der Waals surface area contributed by atoms with E-state index in [-0.39, 0.29) is 17.8 Å². The van der Waals surface area contributed by atoms with Crippen LogP contribution in [0.3, 0.4) is 0 Å². The van der Waals surface area contributed by atoms with Gasteiger partial charge in [-0.15, -0.1) is 0 Å². The zero-order valence-electron chi connectivity index (χ0n) is 13.8. The van der Waals surface area contributed by atoms with E-state index in [1.165, 1.54) is 6.07 Å². The SMILES string of the molecule is CC1CCCN1C(=O)CCN1CCNCC1c1cccc(F)c1. The highest BCUT2D eigenvalue weighted by Crippen LogP contribution is 2.24. The monoisotopic (exact) mass is 319 g/mol. The van der Waals surface area contributed by atoms with Gasteiger partial charge in [-0.3, -0.25) is 9.69 Å². The molecule has 2 unspecified atom stereocenters. The third kappa shape index (κ3) is 3.90. The minimum Gasteiger partial charge on any atom is -0.340 e. The molecular weight excluding hydrogens is 293 g/mol. The number of likely N-dealkylation sites (tertiary alicyclic amines) is 1. The van der Waals surface area contributed by atoms with Gasteiger partial charge in [0.05, 0.1) is 0 Å². The van der Waals surface area contributed by atoms with Crippen LogP contribution in [-0.2, 0) is 4.79 Å². The minimum absolute atomic E-state index is 0.142. The number of carbonyl (C=O) groups is 1. The van der Waals surface area contributed by atoms with Crippen LogP contribution in [0.2, 0.25) is 0 Å². The molecule has 0 aliphatic carbocycles. The fourth-order valence-electron chi connectivity index (χ4n) is 3.74. The Balaban J connectivity index is 1.61. The number of halogens is 1. The first-order valence-electron chi connectivity index (χ1n) is 8.65. The molecule has 2 atom stereocenters. The predicted octanol–water partition coefficient (Wildman–Crippen LogP) is 2.17. The van der Waals surface area contributed by atoms with Crippen molar-refractivity contribution in [2.45, 2.75) is 38.3 Å². The summed E-state index contributed by atoms with van der Waals surface area (Å²) in [6.45, 7) is 6.38. The first-order chi connectivity index (χ1) is 11.1. The number of nitrogens with zero attached hydrogens (tertiary/aromatic N) is 2. The standard InChI is InChI=1S/C18H26FN3O/c1-14-4-3-9-22(14)18(23)7-10-21-11-8-20-13-17(21)15-5-2-6-16(19)12-15/h2,5-6,12,14,17,20H,3-4,7-11,13H2,1H3. The molecule has 2 saturated heterocycles. The summed E-state index contributed by atoms with van der Waals surface area (Å²) in [4.78, 5) is 16.7. The van der Waals surface area contributed by atoms with Gasteiger partial charge in [0.1, 0.15) is 5.82 Å². The highest BCUT2D eigenvalue weighted by atomic mass is 19.1. The molecule has 0 aromatic heterocycles. The van der Waals surface area contributed by atoms with Crippen molar-refractivity contribution < 1.29 is 9.18 Å². The van der Waals surface area contributed by atoms with Crippen LogP contribution in [0.25, 0.3) is 0 Å². The van der Waals surface area contributed by atoms with Crippen molar-refractivity contribution in [2.24, 2.45) is 0 Å². The molecule has 4 nitrogen and oxygen atoms in total. The lowest BCUT2D eigenvalue weighted by molar-refractivity contribution is -0.132. The molecule has 5 heteroatoms. The third-order valence-corrected chi connectivity index (χ3v) is 5.07. The van der Waals surface area contributed by atoms with Gasteiger partial charge in [-0.2, -0.15) is 0 Å². The Kier molecular flexibility index (Phi) is 5.28. The molecule has 2 fully saturated rings. The van der Waals surface area contributed by atoms with E-state index in [0.717, 1.165) is 51.1 Å². The van der Waals surface area contributed by atoms with E-state index in [9.17, 15) is 9.18 Å². The van der Waals surface area contributed by atoms with Gasteiger partial charge in [-0.05, 0) is 37.5 Å². The fourth-order valence-corrected chi connectivity index (χ4v) is 3.74. The quantitative estimate of drug-likeness (QED) is 0.924.